The zero-order valence-electron chi connectivity index (χ0n) is 11.4. The summed E-state index contributed by atoms with van der Waals surface area (Å²) < 4.78 is 3.57. The summed E-state index contributed by atoms with van der Waals surface area (Å²) in [5.41, 5.74) is 3.55. The van der Waals surface area contributed by atoms with Crippen LogP contribution in [-0.4, -0.2) is 19.3 Å². The van der Waals surface area contributed by atoms with Gasteiger partial charge in [-0.3, -0.25) is 4.57 Å². The SMILES string of the molecule is Cc1nn(C)c2c1nc(CCl)n2-c1cc(Cl)ccc1C#N. The number of halogens is 2. The number of imidazole rings is 1. The molecule has 106 valence electrons. The third kappa shape index (κ3) is 2.08. The minimum atomic E-state index is 0.228. The average molecular weight is 320 g/mol. The number of fused-ring (bicyclic) bond motifs is 1. The second-order valence-electron chi connectivity index (χ2n) is 4.65. The van der Waals surface area contributed by atoms with E-state index in [4.69, 9.17) is 23.2 Å². The van der Waals surface area contributed by atoms with Gasteiger partial charge in [0.1, 0.15) is 17.4 Å². The molecule has 7 heteroatoms. The molecule has 0 unspecified atom stereocenters. The lowest BCUT2D eigenvalue weighted by Gasteiger charge is -2.10. The molecule has 0 amide bonds. The van der Waals surface area contributed by atoms with E-state index in [9.17, 15) is 5.26 Å². The highest BCUT2D eigenvalue weighted by Crippen LogP contribution is 2.28. The van der Waals surface area contributed by atoms with Crippen molar-refractivity contribution in [1.29, 1.82) is 5.26 Å². The third-order valence-electron chi connectivity index (χ3n) is 3.31. The predicted octanol–water partition coefficient (Wildman–Crippen LogP) is 3.33. The molecule has 0 aliphatic carbocycles. The highest BCUT2D eigenvalue weighted by Gasteiger charge is 2.20. The molecule has 0 bridgehead atoms. The maximum atomic E-state index is 9.34. The fourth-order valence-electron chi connectivity index (χ4n) is 2.44. The Labute approximate surface area is 131 Å². The summed E-state index contributed by atoms with van der Waals surface area (Å²) in [4.78, 5) is 4.53. The van der Waals surface area contributed by atoms with Gasteiger partial charge in [-0.25, -0.2) is 9.67 Å². The largest absolute Gasteiger partial charge is 0.278 e. The van der Waals surface area contributed by atoms with Crippen molar-refractivity contribution >= 4 is 34.4 Å². The molecule has 0 N–H and O–H groups in total. The Morgan fingerprint density at radius 2 is 2.14 bits per heavy atom. The van der Waals surface area contributed by atoms with E-state index in [-0.39, 0.29) is 5.88 Å². The van der Waals surface area contributed by atoms with Gasteiger partial charge in [0.15, 0.2) is 5.65 Å². The van der Waals surface area contributed by atoms with E-state index in [1.54, 1.807) is 22.9 Å². The maximum absolute atomic E-state index is 9.34. The van der Waals surface area contributed by atoms with Crippen molar-refractivity contribution in [2.24, 2.45) is 7.05 Å². The summed E-state index contributed by atoms with van der Waals surface area (Å²) >= 11 is 12.1. The quantitative estimate of drug-likeness (QED) is 0.681. The minimum Gasteiger partial charge on any atom is -0.278 e. The lowest BCUT2D eigenvalue weighted by molar-refractivity contribution is 0.755. The van der Waals surface area contributed by atoms with Gasteiger partial charge in [-0.2, -0.15) is 10.4 Å². The number of rotatable bonds is 2. The number of benzene rings is 1. The maximum Gasteiger partial charge on any atom is 0.163 e. The van der Waals surface area contributed by atoms with E-state index in [0.29, 0.717) is 22.1 Å². The van der Waals surface area contributed by atoms with Gasteiger partial charge >= 0.3 is 0 Å². The molecular weight excluding hydrogens is 309 g/mol. The number of alkyl halides is 1. The Kier molecular flexibility index (Phi) is 3.36. The number of aryl methyl sites for hydroxylation is 2. The zero-order chi connectivity index (χ0) is 15.1. The molecule has 3 rings (SSSR count). The molecule has 0 saturated carbocycles. The molecule has 0 radical (unpaired) electrons. The van der Waals surface area contributed by atoms with Crippen LogP contribution in [-0.2, 0) is 12.9 Å². The first-order valence-corrected chi connectivity index (χ1v) is 7.15. The molecular formula is C14H11Cl2N5. The van der Waals surface area contributed by atoms with E-state index in [1.807, 2.05) is 18.5 Å². The van der Waals surface area contributed by atoms with Gasteiger partial charge in [-0.05, 0) is 25.1 Å². The lowest BCUT2D eigenvalue weighted by atomic mass is 10.2. The molecule has 5 nitrogen and oxygen atoms in total. The number of aromatic nitrogens is 4. The van der Waals surface area contributed by atoms with Gasteiger partial charge in [0, 0.05) is 12.1 Å². The van der Waals surface area contributed by atoms with Gasteiger partial charge in [-0.1, -0.05) is 11.6 Å². The molecule has 0 aliphatic heterocycles. The van der Waals surface area contributed by atoms with Gasteiger partial charge in [0.05, 0.1) is 22.8 Å². The third-order valence-corrected chi connectivity index (χ3v) is 3.79. The second-order valence-corrected chi connectivity index (χ2v) is 5.36. The molecule has 3 aromatic rings. The number of nitriles is 1. The zero-order valence-corrected chi connectivity index (χ0v) is 12.9. The van der Waals surface area contributed by atoms with Gasteiger partial charge in [-0.15, -0.1) is 11.6 Å². The molecule has 0 fully saturated rings. The van der Waals surface area contributed by atoms with Gasteiger partial charge in [0.25, 0.3) is 0 Å². The van der Waals surface area contributed by atoms with E-state index in [0.717, 1.165) is 16.9 Å². The van der Waals surface area contributed by atoms with Crippen molar-refractivity contribution in [3.05, 3.63) is 40.3 Å². The van der Waals surface area contributed by atoms with E-state index < -0.39 is 0 Å². The van der Waals surface area contributed by atoms with Gasteiger partial charge < -0.3 is 0 Å². The number of hydrogen-bond acceptors (Lipinski definition) is 3. The summed E-state index contributed by atoms with van der Waals surface area (Å²) in [6.45, 7) is 1.89. The van der Waals surface area contributed by atoms with E-state index in [2.05, 4.69) is 16.2 Å². The summed E-state index contributed by atoms with van der Waals surface area (Å²) in [6.07, 6.45) is 0. The molecule has 1 aromatic carbocycles. The fourth-order valence-corrected chi connectivity index (χ4v) is 2.79. The highest BCUT2D eigenvalue weighted by molar-refractivity contribution is 6.30. The summed E-state index contributed by atoms with van der Waals surface area (Å²) in [5, 5.41) is 14.2. The Bertz CT molecular complexity index is 885. The van der Waals surface area contributed by atoms with Crippen LogP contribution in [0.4, 0.5) is 0 Å². The summed E-state index contributed by atoms with van der Waals surface area (Å²) in [5.74, 6) is 0.882. The van der Waals surface area contributed by atoms with Crippen LogP contribution in [0.25, 0.3) is 16.9 Å². The van der Waals surface area contributed by atoms with Crippen molar-refractivity contribution in [1.82, 2.24) is 19.3 Å². The Morgan fingerprint density at radius 3 is 2.81 bits per heavy atom. The summed E-state index contributed by atoms with van der Waals surface area (Å²) in [6, 6.07) is 7.28. The monoisotopic (exact) mass is 319 g/mol. The first kappa shape index (κ1) is 13.9. The normalized spacial score (nSPS) is 11.0. The average Bonchev–Trinajstić information content (AvgIpc) is 2.97. The van der Waals surface area contributed by atoms with Crippen molar-refractivity contribution in [2.75, 3.05) is 0 Å². The van der Waals surface area contributed by atoms with Crippen LogP contribution in [0.2, 0.25) is 5.02 Å². The molecule has 0 spiro atoms. The Morgan fingerprint density at radius 1 is 1.38 bits per heavy atom. The Balaban J connectivity index is 2.45. The van der Waals surface area contributed by atoms with Crippen LogP contribution in [0.5, 0.6) is 0 Å². The van der Waals surface area contributed by atoms with Crippen molar-refractivity contribution in [3.8, 4) is 11.8 Å². The predicted molar refractivity (Wildman–Crippen MR) is 81.9 cm³/mol. The first-order valence-electron chi connectivity index (χ1n) is 6.23. The van der Waals surface area contributed by atoms with Crippen molar-refractivity contribution in [3.63, 3.8) is 0 Å². The highest BCUT2D eigenvalue weighted by atomic mass is 35.5. The molecule has 0 atom stereocenters. The van der Waals surface area contributed by atoms with Crippen molar-refractivity contribution in [2.45, 2.75) is 12.8 Å². The van der Waals surface area contributed by atoms with Crippen molar-refractivity contribution < 1.29 is 0 Å². The first-order chi connectivity index (χ1) is 10.1. The molecule has 0 aliphatic rings. The van der Waals surface area contributed by atoms with E-state index >= 15 is 0 Å². The van der Waals surface area contributed by atoms with Gasteiger partial charge in [0.2, 0.25) is 0 Å². The lowest BCUT2D eigenvalue weighted by Crippen LogP contribution is -2.06. The van der Waals surface area contributed by atoms with Crippen LogP contribution in [0.1, 0.15) is 17.1 Å². The molecule has 0 saturated heterocycles. The fraction of sp³-hybridized carbons (Fsp3) is 0.214. The van der Waals surface area contributed by atoms with Crippen LogP contribution in [0, 0.1) is 18.3 Å². The van der Waals surface area contributed by atoms with Crippen LogP contribution in [0.15, 0.2) is 18.2 Å². The number of nitrogens with zero attached hydrogens (tertiary/aromatic N) is 5. The minimum absolute atomic E-state index is 0.228. The molecule has 2 heterocycles. The smallest absolute Gasteiger partial charge is 0.163 e. The molecule has 21 heavy (non-hydrogen) atoms. The Hall–Kier alpha value is -2.03. The number of hydrogen-bond donors (Lipinski definition) is 0. The van der Waals surface area contributed by atoms with Crippen LogP contribution < -0.4 is 0 Å². The second kappa shape index (κ2) is 5.06. The van der Waals surface area contributed by atoms with E-state index in [1.165, 1.54) is 0 Å². The topological polar surface area (TPSA) is 59.4 Å². The van der Waals surface area contributed by atoms with Crippen LogP contribution >= 0.6 is 23.2 Å². The molecule has 2 aromatic heterocycles. The standard InChI is InChI=1S/C14H11Cl2N5/c1-8-13-14(20(2)19-8)21(12(6-15)18-13)11-5-10(16)4-3-9(11)7-17/h3-5H,6H2,1-2H3. The van der Waals surface area contributed by atoms with Crippen LogP contribution in [0.3, 0.4) is 0 Å². The summed E-state index contributed by atoms with van der Waals surface area (Å²) in [7, 11) is 1.84.